The molecule has 0 aliphatic carbocycles. The van der Waals surface area contributed by atoms with Crippen LogP contribution in [0.3, 0.4) is 0 Å². The molecule has 3 aromatic heterocycles. The van der Waals surface area contributed by atoms with Crippen molar-refractivity contribution in [3.63, 3.8) is 0 Å². The topological polar surface area (TPSA) is 73.6 Å². The molecular formula is C23H28IN7. The molecule has 31 heavy (non-hydrogen) atoms. The second-order valence-corrected chi connectivity index (χ2v) is 7.34. The maximum atomic E-state index is 4.73. The van der Waals surface area contributed by atoms with Crippen LogP contribution in [0.25, 0.3) is 16.9 Å². The molecule has 0 fully saturated rings. The Labute approximate surface area is 199 Å². The van der Waals surface area contributed by atoms with Gasteiger partial charge in [0.25, 0.3) is 0 Å². The molecule has 1 aromatic carbocycles. The zero-order valence-corrected chi connectivity index (χ0v) is 20.4. The number of H-pyrrole nitrogens is 1. The lowest BCUT2D eigenvalue weighted by atomic mass is 10.2. The zero-order chi connectivity index (χ0) is 20.9. The molecule has 0 saturated heterocycles. The highest BCUT2D eigenvalue weighted by molar-refractivity contribution is 14.0. The van der Waals surface area contributed by atoms with E-state index < -0.39 is 0 Å². The number of imidazole rings is 2. The number of pyridine rings is 1. The Kier molecular flexibility index (Phi) is 7.67. The van der Waals surface area contributed by atoms with Crippen molar-refractivity contribution < 1.29 is 0 Å². The Morgan fingerprint density at radius 1 is 1.19 bits per heavy atom. The van der Waals surface area contributed by atoms with Gasteiger partial charge in [0, 0.05) is 39.5 Å². The van der Waals surface area contributed by atoms with Crippen LogP contribution in [0.15, 0.2) is 66.0 Å². The number of fused-ring (bicyclic) bond motifs is 1. The van der Waals surface area contributed by atoms with E-state index in [9.17, 15) is 0 Å². The van der Waals surface area contributed by atoms with E-state index in [1.165, 1.54) is 5.56 Å². The third-order valence-electron chi connectivity index (χ3n) is 5.07. The van der Waals surface area contributed by atoms with Gasteiger partial charge in [-0.15, -0.1) is 24.0 Å². The fourth-order valence-electron chi connectivity index (χ4n) is 3.52. The van der Waals surface area contributed by atoms with Gasteiger partial charge >= 0.3 is 0 Å². The fraction of sp³-hybridized carbons (Fsp3) is 0.261. The van der Waals surface area contributed by atoms with E-state index in [1.807, 2.05) is 43.7 Å². The van der Waals surface area contributed by atoms with Crippen molar-refractivity contribution in [3.8, 4) is 11.3 Å². The van der Waals surface area contributed by atoms with Crippen LogP contribution in [-0.4, -0.2) is 50.9 Å². The normalized spacial score (nSPS) is 11.4. The number of aryl methyl sites for hydroxylation is 1. The maximum absolute atomic E-state index is 4.73. The lowest BCUT2D eigenvalue weighted by Gasteiger charge is -2.20. The summed E-state index contributed by atoms with van der Waals surface area (Å²) in [5.74, 6) is 1.72. The second kappa shape index (κ2) is 10.4. The van der Waals surface area contributed by atoms with Gasteiger partial charge in [-0.1, -0.05) is 36.4 Å². The Balaban J connectivity index is 0.00000272. The Morgan fingerprint density at radius 3 is 2.74 bits per heavy atom. The molecule has 0 aliphatic heterocycles. The lowest BCUT2D eigenvalue weighted by Crippen LogP contribution is -2.39. The number of benzene rings is 1. The highest BCUT2D eigenvalue weighted by Gasteiger charge is 2.10. The molecule has 8 heteroatoms. The number of nitrogens with one attached hydrogen (secondary N) is 2. The summed E-state index contributed by atoms with van der Waals surface area (Å²) in [7, 11) is 3.80. The Bertz CT molecular complexity index is 1150. The van der Waals surface area contributed by atoms with E-state index in [0.29, 0.717) is 6.54 Å². The van der Waals surface area contributed by atoms with Gasteiger partial charge in [0.05, 0.1) is 24.1 Å². The van der Waals surface area contributed by atoms with Gasteiger partial charge in [-0.25, -0.2) is 9.97 Å². The van der Waals surface area contributed by atoms with Crippen molar-refractivity contribution in [2.45, 2.75) is 19.9 Å². The molecule has 0 radical (unpaired) electrons. The van der Waals surface area contributed by atoms with Gasteiger partial charge in [-0.05, 0) is 24.1 Å². The smallest absolute Gasteiger partial charge is 0.193 e. The van der Waals surface area contributed by atoms with Crippen LogP contribution in [0.4, 0.5) is 0 Å². The second-order valence-electron chi connectivity index (χ2n) is 7.34. The largest absolute Gasteiger partial charge is 0.356 e. The van der Waals surface area contributed by atoms with Crippen molar-refractivity contribution in [2.24, 2.45) is 4.99 Å². The molecule has 0 unspecified atom stereocenters. The SMILES string of the molecule is CN=C(NCCc1cn2cccc(C)c2n1)N(C)Cc1ncc(-c2ccccc2)[nH]1.I. The molecule has 0 atom stereocenters. The van der Waals surface area contributed by atoms with Gasteiger partial charge in [0.1, 0.15) is 11.5 Å². The van der Waals surface area contributed by atoms with Crippen LogP contribution in [0.1, 0.15) is 17.1 Å². The van der Waals surface area contributed by atoms with Crippen molar-refractivity contribution in [1.29, 1.82) is 0 Å². The summed E-state index contributed by atoms with van der Waals surface area (Å²) in [6, 6.07) is 14.3. The minimum Gasteiger partial charge on any atom is -0.356 e. The highest BCUT2D eigenvalue weighted by Crippen LogP contribution is 2.16. The van der Waals surface area contributed by atoms with Gasteiger partial charge < -0.3 is 19.6 Å². The molecular weight excluding hydrogens is 501 g/mol. The highest BCUT2D eigenvalue weighted by atomic mass is 127. The molecule has 0 bridgehead atoms. The van der Waals surface area contributed by atoms with Gasteiger partial charge in [0.2, 0.25) is 0 Å². The number of aromatic nitrogens is 4. The molecule has 4 rings (SSSR count). The van der Waals surface area contributed by atoms with Crippen LogP contribution < -0.4 is 5.32 Å². The molecule has 0 amide bonds. The van der Waals surface area contributed by atoms with E-state index in [2.05, 4.69) is 60.9 Å². The van der Waals surface area contributed by atoms with Crippen molar-refractivity contribution in [3.05, 3.63) is 78.1 Å². The number of hydrogen-bond acceptors (Lipinski definition) is 3. The summed E-state index contributed by atoms with van der Waals surface area (Å²) in [4.78, 5) is 19.1. The average Bonchev–Trinajstić information content (AvgIpc) is 3.39. The first kappa shape index (κ1) is 22.8. The molecule has 3 heterocycles. The van der Waals surface area contributed by atoms with Crippen molar-refractivity contribution in [2.75, 3.05) is 20.6 Å². The van der Waals surface area contributed by atoms with Crippen molar-refractivity contribution in [1.82, 2.24) is 29.6 Å². The average molecular weight is 529 g/mol. The minimum atomic E-state index is 0. The van der Waals surface area contributed by atoms with Crippen molar-refractivity contribution >= 4 is 35.6 Å². The molecule has 2 N–H and O–H groups in total. The van der Waals surface area contributed by atoms with E-state index in [-0.39, 0.29) is 24.0 Å². The summed E-state index contributed by atoms with van der Waals surface area (Å²) in [5, 5.41) is 3.42. The summed E-state index contributed by atoms with van der Waals surface area (Å²) in [6.07, 6.45) is 6.82. The first-order valence-electron chi connectivity index (χ1n) is 10.1. The van der Waals surface area contributed by atoms with E-state index in [0.717, 1.165) is 47.3 Å². The number of aliphatic imine (C=N–C) groups is 1. The van der Waals surface area contributed by atoms with Crippen LogP contribution in [-0.2, 0) is 13.0 Å². The minimum absolute atomic E-state index is 0. The number of nitrogens with zero attached hydrogens (tertiary/aromatic N) is 5. The lowest BCUT2D eigenvalue weighted by molar-refractivity contribution is 0.464. The summed E-state index contributed by atoms with van der Waals surface area (Å²) in [5.41, 5.74) is 5.41. The third-order valence-corrected chi connectivity index (χ3v) is 5.07. The summed E-state index contributed by atoms with van der Waals surface area (Å²) in [6.45, 7) is 3.48. The molecule has 7 nitrogen and oxygen atoms in total. The third kappa shape index (κ3) is 5.43. The maximum Gasteiger partial charge on any atom is 0.193 e. The molecule has 162 valence electrons. The number of guanidine groups is 1. The number of aromatic amines is 1. The van der Waals surface area contributed by atoms with E-state index in [4.69, 9.17) is 4.98 Å². The van der Waals surface area contributed by atoms with Crippen LogP contribution in [0, 0.1) is 6.92 Å². The fourth-order valence-corrected chi connectivity index (χ4v) is 3.52. The number of rotatable bonds is 6. The number of hydrogen-bond donors (Lipinski definition) is 2. The van der Waals surface area contributed by atoms with Crippen LogP contribution >= 0.6 is 24.0 Å². The summed E-state index contributed by atoms with van der Waals surface area (Å²) < 4.78 is 2.08. The molecule has 4 aromatic rings. The Morgan fingerprint density at radius 2 is 2.00 bits per heavy atom. The molecule has 0 aliphatic rings. The predicted octanol–water partition coefficient (Wildman–Crippen LogP) is 3.90. The monoisotopic (exact) mass is 529 g/mol. The first-order chi connectivity index (χ1) is 14.6. The summed E-state index contributed by atoms with van der Waals surface area (Å²) >= 11 is 0. The van der Waals surface area contributed by atoms with Gasteiger partial charge in [0.15, 0.2) is 5.96 Å². The van der Waals surface area contributed by atoms with Gasteiger partial charge in [-0.3, -0.25) is 4.99 Å². The number of halogens is 1. The van der Waals surface area contributed by atoms with E-state index >= 15 is 0 Å². The predicted molar refractivity (Wildman–Crippen MR) is 136 cm³/mol. The standard InChI is InChI=1S/C23H27N7.HI/c1-17-8-7-13-30-15-19(27-22(17)30)11-12-25-23(24-2)29(3)16-21-26-14-20(28-21)18-9-5-4-6-10-18;/h4-10,13-15H,11-12,16H2,1-3H3,(H,24,25)(H,26,28);1H. The van der Waals surface area contributed by atoms with Crippen LogP contribution in [0.2, 0.25) is 0 Å². The van der Waals surface area contributed by atoms with E-state index in [1.54, 1.807) is 7.05 Å². The zero-order valence-electron chi connectivity index (χ0n) is 18.0. The molecule has 0 spiro atoms. The first-order valence-corrected chi connectivity index (χ1v) is 10.1. The Hall–Kier alpha value is -2.88. The van der Waals surface area contributed by atoms with Gasteiger partial charge in [-0.2, -0.15) is 0 Å². The quantitative estimate of drug-likeness (QED) is 0.226. The van der Waals surface area contributed by atoms with Crippen LogP contribution in [0.5, 0.6) is 0 Å². The molecule has 0 saturated carbocycles.